The molecule has 0 aliphatic rings. The molecule has 6 heteroatoms. The van der Waals surface area contributed by atoms with E-state index in [0.29, 0.717) is 5.56 Å². The van der Waals surface area contributed by atoms with Gasteiger partial charge in [-0.05, 0) is 49.4 Å². The largest absolute Gasteiger partial charge is 0.446 e. The van der Waals surface area contributed by atoms with Gasteiger partial charge in [0.1, 0.15) is 0 Å². The molecule has 2 nitrogen and oxygen atoms in total. The van der Waals surface area contributed by atoms with Gasteiger partial charge in [-0.25, -0.2) is 0 Å². The van der Waals surface area contributed by atoms with Crippen LogP contribution in [0.5, 0.6) is 0 Å². The van der Waals surface area contributed by atoms with Crippen molar-refractivity contribution in [2.75, 3.05) is 0 Å². The number of nitrogens with one attached hydrogen (secondary N) is 1. The number of halogens is 3. The van der Waals surface area contributed by atoms with Gasteiger partial charge in [-0.3, -0.25) is 4.79 Å². The second-order valence-corrected chi connectivity index (χ2v) is 5.25. The Hall–Kier alpha value is -1.43. The van der Waals surface area contributed by atoms with E-state index in [-0.39, 0.29) is 28.6 Å². The molecule has 1 aromatic carbocycles. The molecule has 0 aliphatic carbocycles. The number of hydrogen-bond donors (Lipinski definition) is 1. The van der Waals surface area contributed by atoms with E-state index in [2.05, 4.69) is 5.32 Å². The smallest absolute Gasteiger partial charge is 0.350 e. The van der Waals surface area contributed by atoms with Crippen molar-refractivity contribution in [2.24, 2.45) is 0 Å². The molecule has 0 radical (unpaired) electrons. The van der Waals surface area contributed by atoms with Gasteiger partial charge in [0.2, 0.25) is 5.91 Å². The molecule has 0 heterocycles. The van der Waals surface area contributed by atoms with Crippen LogP contribution in [-0.4, -0.2) is 17.5 Å². The topological polar surface area (TPSA) is 29.1 Å². The minimum absolute atomic E-state index is 0.0442. The zero-order chi connectivity index (χ0) is 14.5. The quantitative estimate of drug-likeness (QED) is 0.674. The Kier molecular flexibility index (Phi) is 5.47. The fourth-order valence-corrected chi connectivity index (χ4v) is 1.82. The first kappa shape index (κ1) is 15.6. The Labute approximate surface area is 114 Å². The van der Waals surface area contributed by atoms with Gasteiger partial charge < -0.3 is 5.32 Å². The summed E-state index contributed by atoms with van der Waals surface area (Å²) in [7, 11) is 0. The molecule has 0 saturated heterocycles. The van der Waals surface area contributed by atoms with E-state index in [0.717, 1.165) is 0 Å². The summed E-state index contributed by atoms with van der Waals surface area (Å²) in [4.78, 5) is 11.5. The van der Waals surface area contributed by atoms with Gasteiger partial charge in [-0.1, -0.05) is 12.1 Å². The predicted octanol–water partition coefficient (Wildman–Crippen LogP) is 3.84. The maximum Gasteiger partial charge on any atom is 0.446 e. The van der Waals surface area contributed by atoms with Gasteiger partial charge in [0, 0.05) is 17.0 Å². The molecule has 1 N–H and O–H groups in total. The number of alkyl halides is 3. The average molecular weight is 289 g/mol. The molecule has 0 atom stereocenters. The maximum absolute atomic E-state index is 12.1. The van der Waals surface area contributed by atoms with Crippen LogP contribution in [0, 0.1) is 0 Å². The van der Waals surface area contributed by atoms with Crippen LogP contribution in [0.25, 0.3) is 6.08 Å². The first-order valence-electron chi connectivity index (χ1n) is 5.60. The lowest BCUT2D eigenvalue weighted by Crippen LogP contribution is -2.28. The molecule has 1 amide bonds. The number of carbonyl (C=O) groups excluding carboxylic acids is 1. The third kappa shape index (κ3) is 6.91. The number of hydrogen-bond acceptors (Lipinski definition) is 2. The zero-order valence-electron chi connectivity index (χ0n) is 10.5. The number of rotatable bonds is 4. The zero-order valence-corrected chi connectivity index (χ0v) is 11.3. The van der Waals surface area contributed by atoms with Crippen molar-refractivity contribution < 1.29 is 18.0 Å². The molecule has 19 heavy (non-hydrogen) atoms. The van der Waals surface area contributed by atoms with E-state index >= 15 is 0 Å². The molecule has 0 aliphatic heterocycles. The normalized spacial score (nSPS) is 12.1. The minimum atomic E-state index is -4.28. The summed E-state index contributed by atoms with van der Waals surface area (Å²) in [5, 5.41) is 2.68. The van der Waals surface area contributed by atoms with Crippen molar-refractivity contribution >= 4 is 23.7 Å². The van der Waals surface area contributed by atoms with Crippen molar-refractivity contribution in [2.45, 2.75) is 30.3 Å². The molecule has 0 saturated carbocycles. The Morgan fingerprint density at radius 2 is 1.84 bits per heavy atom. The summed E-state index contributed by atoms with van der Waals surface area (Å²) < 4.78 is 36.3. The molecule has 0 unspecified atom stereocenters. The van der Waals surface area contributed by atoms with Crippen molar-refractivity contribution in [3.05, 3.63) is 35.9 Å². The van der Waals surface area contributed by atoms with Crippen molar-refractivity contribution in [3.63, 3.8) is 0 Å². The lowest BCUT2D eigenvalue weighted by molar-refractivity contribution is -0.116. The number of carbonyl (C=O) groups is 1. The average Bonchev–Trinajstić information content (AvgIpc) is 2.25. The summed E-state index contributed by atoms with van der Waals surface area (Å²) >= 11 is -0.161. The monoisotopic (exact) mass is 289 g/mol. The first-order valence-corrected chi connectivity index (χ1v) is 6.42. The Morgan fingerprint density at radius 1 is 1.26 bits per heavy atom. The molecule has 0 fully saturated rings. The van der Waals surface area contributed by atoms with E-state index in [9.17, 15) is 18.0 Å². The highest BCUT2D eigenvalue weighted by atomic mass is 32.2. The van der Waals surface area contributed by atoms with Crippen molar-refractivity contribution in [1.29, 1.82) is 0 Å². The van der Waals surface area contributed by atoms with Crippen molar-refractivity contribution in [3.8, 4) is 0 Å². The minimum Gasteiger partial charge on any atom is -0.350 e. The van der Waals surface area contributed by atoms with E-state index in [1.807, 2.05) is 13.8 Å². The van der Waals surface area contributed by atoms with E-state index in [1.54, 1.807) is 6.08 Å². The molecule has 0 aromatic heterocycles. The summed E-state index contributed by atoms with van der Waals surface area (Å²) in [6, 6.07) is 5.86. The third-order valence-electron chi connectivity index (χ3n) is 1.97. The van der Waals surface area contributed by atoms with E-state index in [1.165, 1.54) is 30.3 Å². The molecular formula is C13H14F3NOS. The molecule has 1 rings (SSSR count). The fourth-order valence-electron chi connectivity index (χ4n) is 1.29. The van der Waals surface area contributed by atoms with Crippen LogP contribution in [0.4, 0.5) is 13.2 Å². The van der Waals surface area contributed by atoms with E-state index < -0.39 is 5.51 Å². The number of thioether (sulfide) groups is 1. The Balaban J connectivity index is 2.62. The van der Waals surface area contributed by atoms with Crippen LogP contribution in [0.2, 0.25) is 0 Å². The van der Waals surface area contributed by atoms with E-state index in [4.69, 9.17) is 0 Å². The van der Waals surface area contributed by atoms with Gasteiger partial charge in [0.25, 0.3) is 0 Å². The van der Waals surface area contributed by atoms with Crippen molar-refractivity contribution in [1.82, 2.24) is 5.32 Å². The number of benzene rings is 1. The summed E-state index contributed by atoms with van der Waals surface area (Å²) in [6.45, 7) is 3.68. The van der Waals surface area contributed by atoms with Gasteiger partial charge in [0.15, 0.2) is 0 Å². The molecule has 104 valence electrons. The van der Waals surface area contributed by atoms with Gasteiger partial charge in [0.05, 0.1) is 0 Å². The van der Waals surface area contributed by atoms with Gasteiger partial charge in [-0.15, -0.1) is 0 Å². The van der Waals surface area contributed by atoms with Crippen LogP contribution in [0.1, 0.15) is 19.4 Å². The van der Waals surface area contributed by atoms with Crippen LogP contribution >= 0.6 is 11.8 Å². The molecule has 0 spiro atoms. The summed E-state index contributed by atoms with van der Waals surface area (Å²) in [5.41, 5.74) is -3.61. The number of amides is 1. The fraction of sp³-hybridized carbons (Fsp3) is 0.308. The molecule has 0 bridgehead atoms. The Morgan fingerprint density at radius 3 is 2.32 bits per heavy atom. The van der Waals surface area contributed by atoms with Crippen LogP contribution in [0.3, 0.4) is 0 Å². The van der Waals surface area contributed by atoms with Gasteiger partial charge >= 0.3 is 5.51 Å². The van der Waals surface area contributed by atoms with Crippen LogP contribution < -0.4 is 5.32 Å². The third-order valence-corrected chi connectivity index (χ3v) is 2.71. The SMILES string of the molecule is CC(C)NC(=O)/C=C/c1ccc(SC(F)(F)F)cc1. The highest BCUT2D eigenvalue weighted by Gasteiger charge is 2.28. The second kappa shape index (κ2) is 6.65. The summed E-state index contributed by atoms with van der Waals surface area (Å²) in [5.74, 6) is -0.233. The van der Waals surface area contributed by atoms with Crippen LogP contribution in [-0.2, 0) is 4.79 Å². The predicted molar refractivity (Wildman–Crippen MR) is 70.7 cm³/mol. The highest BCUT2D eigenvalue weighted by molar-refractivity contribution is 8.00. The lowest BCUT2D eigenvalue weighted by atomic mass is 10.2. The molecule has 1 aromatic rings. The first-order chi connectivity index (χ1) is 8.76. The standard InChI is InChI=1S/C13H14F3NOS/c1-9(2)17-12(18)8-5-10-3-6-11(7-4-10)19-13(14,15)16/h3-9H,1-2H3,(H,17,18)/b8-5+. The highest BCUT2D eigenvalue weighted by Crippen LogP contribution is 2.36. The van der Waals surface area contributed by atoms with Crippen LogP contribution in [0.15, 0.2) is 35.2 Å². The molecular weight excluding hydrogens is 275 g/mol. The summed E-state index contributed by atoms with van der Waals surface area (Å²) in [6.07, 6.45) is 2.91. The maximum atomic E-state index is 12.1. The lowest BCUT2D eigenvalue weighted by Gasteiger charge is -2.05. The Bertz CT molecular complexity index is 452. The van der Waals surface area contributed by atoms with Gasteiger partial charge in [-0.2, -0.15) is 13.2 Å². The second-order valence-electron chi connectivity index (χ2n) is 4.11.